The number of ether oxygens (including phenoxy) is 2. The smallest absolute Gasteiger partial charge is 0.191 e. The number of aryl methyl sites for hydroxylation is 1. The van der Waals surface area contributed by atoms with Crippen molar-refractivity contribution in [3.63, 3.8) is 0 Å². The third-order valence-electron chi connectivity index (χ3n) is 4.97. The molecule has 2 N–H and O–H groups in total. The summed E-state index contributed by atoms with van der Waals surface area (Å²) in [5.41, 5.74) is 2.29. The quantitative estimate of drug-likeness (QED) is 0.376. The van der Waals surface area contributed by atoms with Crippen LogP contribution >= 0.6 is 0 Å². The molecule has 0 saturated carbocycles. The molecule has 7 nitrogen and oxygen atoms in total. The van der Waals surface area contributed by atoms with E-state index >= 15 is 0 Å². The van der Waals surface area contributed by atoms with E-state index < -0.39 is 0 Å². The molecular weight excluding hydrogens is 354 g/mol. The first-order valence-corrected chi connectivity index (χ1v) is 10.2. The van der Waals surface area contributed by atoms with Crippen molar-refractivity contribution in [2.45, 2.75) is 19.9 Å². The predicted molar refractivity (Wildman–Crippen MR) is 115 cm³/mol. The third-order valence-corrected chi connectivity index (χ3v) is 4.97. The first kappa shape index (κ1) is 22.5. The molecule has 0 spiro atoms. The Morgan fingerprint density at radius 1 is 1.14 bits per heavy atom. The van der Waals surface area contributed by atoms with Crippen LogP contribution in [-0.4, -0.2) is 89.4 Å². The van der Waals surface area contributed by atoms with Crippen LogP contribution in [0, 0.1) is 6.92 Å². The highest BCUT2D eigenvalue weighted by Gasteiger charge is 2.12. The van der Waals surface area contributed by atoms with E-state index in [-0.39, 0.29) is 0 Å². The van der Waals surface area contributed by atoms with Crippen LogP contribution in [0.4, 0.5) is 0 Å². The molecule has 0 atom stereocenters. The average molecular weight is 392 g/mol. The van der Waals surface area contributed by atoms with Crippen LogP contribution < -0.4 is 15.4 Å². The number of hydrogen-bond donors (Lipinski definition) is 2. The van der Waals surface area contributed by atoms with Crippen LogP contribution in [0.5, 0.6) is 5.75 Å². The Morgan fingerprint density at radius 3 is 2.79 bits per heavy atom. The van der Waals surface area contributed by atoms with E-state index in [1.54, 1.807) is 14.2 Å². The molecule has 1 heterocycles. The fourth-order valence-electron chi connectivity index (χ4n) is 3.23. The van der Waals surface area contributed by atoms with Gasteiger partial charge in [0.05, 0.1) is 6.61 Å². The van der Waals surface area contributed by atoms with Crippen molar-refractivity contribution in [2.24, 2.45) is 4.99 Å². The first-order valence-electron chi connectivity index (χ1n) is 10.2. The molecule has 28 heavy (non-hydrogen) atoms. The fraction of sp³-hybridized carbons (Fsp3) is 0.667. The van der Waals surface area contributed by atoms with E-state index in [0.717, 1.165) is 43.5 Å². The molecule has 1 saturated heterocycles. The molecule has 0 unspecified atom stereocenters. The molecule has 1 aromatic rings. The number of guanidine groups is 1. The Balaban J connectivity index is 1.78. The van der Waals surface area contributed by atoms with Crippen LogP contribution in [0.15, 0.2) is 23.2 Å². The highest BCUT2D eigenvalue weighted by atomic mass is 16.5. The Labute approximate surface area is 170 Å². The molecule has 2 rings (SSSR count). The largest absolute Gasteiger partial charge is 0.491 e. The molecule has 1 aliphatic rings. The highest BCUT2D eigenvalue weighted by molar-refractivity contribution is 5.79. The van der Waals surface area contributed by atoms with Crippen molar-refractivity contribution < 1.29 is 9.47 Å². The molecule has 158 valence electrons. The van der Waals surface area contributed by atoms with Crippen molar-refractivity contribution >= 4 is 5.96 Å². The number of nitrogens with zero attached hydrogens (tertiary/aromatic N) is 3. The first-order chi connectivity index (χ1) is 13.6. The highest BCUT2D eigenvalue weighted by Crippen LogP contribution is 2.20. The maximum atomic E-state index is 5.87. The van der Waals surface area contributed by atoms with Gasteiger partial charge < -0.3 is 29.9 Å². The van der Waals surface area contributed by atoms with Gasteiger partial charge in [0.2, 0.25) is 0 Å². The second kappa shape index (κ2) is 12.6. The van der Waals surface area contributed by atoms with Gasteiger partial charge in [-0.2, -0.15) is 0 Å². The van der Waals surface area contributed by atoms with Gasteiger partial charge in [-0.1, -0.05) is 12.1 Å². The van der Waals surface area contributed by atoms with E-state index in [0.29, 0.717) is 19.8 Å². The van der Waals surface area contributed by atoms with E-state index in [1.807, 2.05) is 0 Å². The molecule has 0 aliphatic carbocycles. The van der Waals surface area contributed by atoms with Gasteiger partial charge in [-0.15, -0.1) is 0 Å². The Kier molecular flexibility index (Phi) is 10.1. The summed E-state index contributed by atoms with van der Waals surface area (Å²) in [5.74, 6) is 1.71. The number of methoxy groups -OCH3 is 1. The van der Waals surface area contributed by atoms with E-state index in [4.69, 9.17) is 9.47 Å². The zero-order valence-corrected chi connectivity index (χ0v) is 18.0. The average Bonchev–Trinajstić information content (AvgIpc) is 2.90. The second-order valence-electron chi connectivity index (χ2n) is 7.30. The number of benzene rings is 1. The van der Waals surface area contributed by atoms with Gasteiger partial charge in [-0.3, -0.25) is 4.99 Å². The predicted octanol–water partition coefficient (Wildman–Crippen LogP) is 1.32. The summed E-state index contributed by atoms with van der Waals surface area (Å²) in [7, 11) is 5.69. The summed E-state index contributed by atoms with van der Waals surface area (Å²) in [6, 6.07) is 6.28. The number of aliphatic imine (C=N–C) groups is 1. The lowest BCUT2D eigenvalue weighted by atomic mass is 10.1. The minimum atomic E-state index is 0.547. The molecule has 1 fully saturated rings. The summed E-state index contributed by atoms with van der Waals surface area (Å²) in [5, 5.41) is 6.82. The molecule has 1 aromatic carbocycles. The summed E-state index contributed by atoms with van der Waals surface area (Å²) < 4.78 is 11.0. The maximum absolute atomic E-state index is 5.87. The number of rotatable bonds is 9. The topological polar surface area (TPSA) is 61.4 Å². The zero-order chi connectivity index (χ0) is 20.2. The van der Waals surface area contributed by atoms with Gasteiger partial charge in [0.25, 0.3) is 0 Å². The number of likely N-dealkylation sites (N-methyl/N-ethyl adjacent to an activating group) is 1. The summed E-state index contributed by atoms with van der Waals surface area (Å²) in [6.07, 6.45) is 1.24. The lowest BCUT2D eigenvalue weighted by Crippen LogP contribution is -2.42. The Morgan fingerprint density at radius 2 is 2.00 bits per heavy atom. The molecule has 0 bridgehead atoms. The summed E-state index contributed by atoms with van der Waals surface area (Å²) >= 11 is 0. The van der Waals surface area contributed by atoms with Gasteiger partial charge in [-0.05, 0) is 45.1 Å². The molecule has 0 radical (unpaired) electrons. The molecular formula is C21H37N5O2. The summed E-state index contributed by atoms with van der Waals surface area (Å²) in [6.45, 7) is 10.4. The van der Waals surface area contributed by atoms with Crippen LogP contribution in [-0.2, 0) is 11.3 Å². The van der Waals surface area contributed by atoms with Gasteiger partial charge in [-0.25, -0.2) is 0 Å². The van der Waals surface area contributed by atoms with E-state index in [9.17, 15) is 0 Å². The standard InChI is InChI=1S/C21H37N5O2/c1-18-6-7-19(20(16-18)28-15-14-27-4)17-24-21(22-2)23-8-11-26-10-5-9-25(3)12-13-26/h6-7,16H,5,8-15,17H2,1-4H3,(H2,22,23,24). The van der Waals surface area contributed by atoms with Crippen molar-refractivity contribution in [1.29, 1.82) is 0 Å². The van der Waals surface area contributed by atoms with Crippen molar-refractivity contribution in [1.82, 2.24) is 20.4 Å². The Hall–Kier alpha value is -1.83. The van der Waals surface area contributed by atoms with Crippen LogP contribution in [0.3, 0.4) is 0 Å². The summed E-state index contributed by atoms with van der Waals surface area (Å²) in [4.78, 5) is 9.27. The molecule has 0 amide bonds. The lowest BCUT2D eigenvalue weighted by molar-refractivity contribution is 0.145. The second-order valence-corrected chi connectivity index (χ2v) is 7.30. The lowest BCUT2D eigenvalue weighted by Gasteiger charge is -2.21. The van der Waals surface area contributed by atoms with E-state index in [1.165, 1.54) is 25.1 Å². The van der Waals surface area contributed by atoms with Crippen LogP contribution in [0.1, 0.15) is 17.5 Å². The van der Waals surface area contributed by atoms with Crippen molar-refractivity contribution in [2.75, 3.05) is 73.7 Å². The molecule has 0 aromatic heterocycles. The van der Waals surface area contributed by atoms with Crippen LogP contribution in [0.25, 0.3) is 0 Å². The number of nitrogens with one attached hydrogen (secondary N) is 2. The van der Waals surface area contributed by atoms with E-state index in [2.05, 4.69) is 57.6 Å². The Bertz CT molecular complexity index is 608. The van der Waals surface area contributed by atoms with Crippen LogP contribution in [0.2, 0.25) is 0 Å². The normalized spacial score (nSPS) is 16.6. The fourth-order valence-corrected chi connectivity index (χ4v) is 3.23. The number of hydrogen-bond acceptors (Lipinski definition) is 5. The third kappa shape index (κ3) is 8.04. The van der Waals surface area contributed by atoms with Gasteiger partial charge in [0.1, 0.15) is 12.4 Å². The monoisotopic (exact) mass is 391 g/mol. The SMILES string of the molecule is CN=C(NCCN1CCCN(C)CC1)NCc1ccc(C)cc1OCCOC. The maximum Gasteiger partial charge on any atom is 0.191 e. The van der Waals surface area contributed by atoms with Gasteiger partial charge >= 0.3 is 0 Å². The van der Waals surface area contributed by atoms with Crippen molar-refractivity contribution in [3.8, 4) is 5.75 Å². The van der Waals surface area contributed by atoms with Gasteiger partial charge in [0.15, 0.2) is 5.96 Å². The molecule has 1 aliphatic heterocycles. The zero-order valence-electron chi connectivity index (χ0n) is 18.0. The van der Waals surface area contributed by atoms with Gasteiger partial charge in [0, 0.05) is 52.4 Å². The molecule has 7 heteroatoms. The van der Waals surface area contributed by atoms with Crippen molar-refractivity contribution in [3.05, 3.63) is 29.3 Å². The minimum Gasteiger partial charge on any atom is -0.491 e. The minimum absolute atomic E-state index is 0.547.